The first-order valence-electron chi connectivity index (χ1n) is 9.41. The van der Waals surface area contributed by atoms with Crippen molar-refractivity contribution in [3.63, 3.8) is 0 Å². The third-order valence-corrected chi connectivity index (χ3v) is 4.71. The molecule has 1 aliphatic heterocycles. The molecule has 5 nitrogen and oxygen atoms in total. The Kier molecular flexibility index (Phi) is 9.35. The van der Waals surface area contributed by atoms with Gasteiger partial charge in [0.15, 0.2) is 0 Å². The van der Waals surface area contributed by atoms with E-state index >= 15 is 0 Å². The van der Waals surface area contributed by atoms with Crippen LogP contribution in [-0.4, -0.2) is 69.2 Å². The Balaban J connectivity index is 0.000000550. The summed E-state index contributed by atoms with van der Waals surface area (Å²) in [6.45, 7) is 13.8. The second-order valence-corrected chi connectivity index (χ2v) is 6.64. The third-order valence-electron chi connectivity index (χ3n) is 4.71. The molecular weight excluding hydrogens is 312 g/mol. The fourth-order valence-corrected chi connectivity index (χ4v) is 2.70. The van der Waals surface area contributed by atoms with Gasteiger partial charge in [-0.25, -0.2) is 4.79 Å². The summed E-state index contributed by atoms with van der Waals surface area (Å²) >= 11 is 0. The van der Waals surface area contributed by atoms with Crippen LogP contribution in [-0.2, 0) is 0 Å². The van der Waals surface area contributed by atoms with Gasteiger partial charge < -0.3 is 20.0 Å². The number of urea groups is 1. The van der Waals surface area contributed by atoms with Gasteiger partial charge in [-0.3, -0.25) is 0 Å². The number of piperazine rings is 1. The molecule has 0 aromatic heterocycles. The highest BCUT2D eigenvalue weighted by molar-refractivity contribution is 5.74. The molecule has 0 unspecified atom stereocenters. The molecular formula is C20H36N4O. The van der Waals surface area contributed by atoms with Crippen LogP contribution in [0.4, 0.5) is 10.5 Å². The minimum absolute atomic E-state index is 0.146. The minimum Gasteiger partial charge on any atom is -0.368 e. The van der Waals surface area contributed by atoms with Crippen LogP contribution < -0.4 is 10.2 Å². The summed E-state index contributed by atoms with van der Waals surface area (Å²) in [7, 11) is 3.82. The van der Waals surface area contributed by atoms with E-state index in [0.29, 0.717) is 0 Å². The van der Waals surface area contributed by atoms with E-state index in [9.17, 15) is 4.79 Å². The topological polar surface area (TPSA) is 38.8 Å². The standard InChI is InChI=1S/C16H25N3O.C4H11N/c1-5-17(4)16(20)19-10-8-18(9-11-19)15-7-6-13(2)14(3)12-15;1-3-4-5-2/h6-7,12H,5,8-11H2,1-4H3;5H,3-4H2,1-2H3. The maximum absolute atomic E-state index is 12.1. The quantitative estimate of drug-likeness (QED) is 0.909. The summed E-state index contributed by atoms with van der Waals surface area (Å²) in [5, 5.41) is 3.02. The number of carbonyl (C=O) groups is 1. The minimum atomic E-state index is 0.146. The Morgan fingerprint density at radius 1 is 1.12 bits per heavy atom. The van der Waals surface area contributed by atoms with Gasteiger partial charge in [-0.05, 0) is 64.0 Å². The average Bonchev–Trinajstić information content (AvgIpc) is 2.64. The van der Waals surface area contributed by atoms with Crippen molar-refractivity contribution in [3.8, 4) is 0 Å². The molecule has 1 aromatic carbocycles. The predicted molar refractivity (Wildman–Crippen MR) is 108 cm³/mol. The van der Waals surface area contributed by atoms with Gasteiger partial charge in [0.05, 0.1) is 0 Å². The molecule has 0 spiro atoms. The molecule has 25 heavy (non-hydrogen) atoms. The largest absolute Gasteiger partial charge is 0.368 e. The van der Waals surface area contributed by atoms with Crippen molar-refractivity contribution < 1.29 is 4.79 Å². The summed E-state index contributed by atoms with van der Waals surface area (Å²) in [4.78, 5) is 18.2. The molecule has 1 aromatic rings. The zero-order valence-electron chi connectivity index (χ0n) is 16.9. The van der Waals surface area contributed by atoms with E-state index < -0.39 is 0 Å². The first-order chi connectivity index (χ1) is 11.9. The van der Waals surface area contributed by atoms with Crippen LogP contribution in [0.3, 0.4) is 0 Å². The Hall–Kier alpha value is -1.75. The molecule has 1 aliphatic rings. The van der Waals surface area contributed by atoms with Crippen LogP contribution in [0.5, 0.6) is 0 Å². The van der Waals surface area contributed by atoms with Gasteiger partial charge in [-0.15, -0.1) is 0 Å². The molecule has 1 saturated heterocycles. The zero-order chi connectivity index (χ0) is 18.8. The maximum Gasteiger partial charge on any atom is 0.319 e. The van der Waals surface area contributed by atoms with Gasteiger partial charge in [0.2, 0.25) is 0 Å². The van der Waals surface area contributed by atoms with Crippen LogP contribution in [0.25, 0.3) is 0 Å². The van der Waals surface area contributed by atoms with Gasteiger partial charge in [-0.2, -0.15) is 0 Å². The number of carbonyl (C=O) groups excluding carboxylic acids is 1. The predicted octanol–water partition coefficient (Wildman–Crippen LogP) is 3.11. The molecule has 0 saturated carbocycles. The Morgan fingerprint density at radius 3 is 2.20 bits per heavy atom. The zero-order valence-corrected chi connectivity index (χ0v) is 16.9. The second-order valence-electron chi connectivity index (χ2n) is 6.64. The molecule has 0 radical (unpaired) electrons. The Morgan fingerprint density at radius 2 is 1.76 bits per heavy atom. The van der Waals surface area contributed by atoms with Crippen LogP contribution in [0.2, 0.25) is 0 Å². The molecule has 0 bridgehead atoms. The summed E-state index contributed by atoms with van der Waals surface area (Å²) < 4.78 is 0. The summed E-state index contributed by atoms with van der Waals surface area (Å²) in [6.07, 6.45) is 1.23. The molecule has 1 fully saturated rings. The first-order valence-corrected chi connectivity index (χ1v) is 9.41. The number of aryl methyl sites for hydroxylation is 2. The maximum atomic E-state index is 12.1. The number of hydrogen-bond donors (Lipinski definition) is 1. The Bertz CT molecular complexity index is 522. The first kappa shape index (κ1) is 21.3. The molecule has 1 N–H and O–H groups in total. The highest BCUT2D eigenvalue weighted by Crippen LogP contribution is 2.20. The van der Waals surface area contributed by atoms with Gasteiger partial charge in [-0.1, -0.05) is 13.0 Å². The van der Waals surface area contributed by atoms with E-state index in [0.717, 1.165) is 39.3 Å². The van der Waals surface area contributed by atoms with E-state index in [-0.39, 0.29) is 6.03 Å². The van der Waals surface area contributed by atoms with Crippen molar-refractivity contribution in [2.45, 2.75) is 34.1 Å². The Labute approximate surface area is 154 Å². The van der Waals surface area contributed by atoms with Crippen molar-refractivity contribution in [3.05, 3.63) is 29.3 Å². The third kappa shape index (κ3) is 6.58. The highest BCUT2D eigenvalue weighted by atomic mass is 16.2. The van der Waals surface area contributed by atoms with Crippen molar-refractivity contribution in [2.24, 2.45) is 0 Å². The molecule has 1 heterocycles. The SMILES string of the molecule is CCCNC.CCN(C)C(=O)N1CCN(c2ccc(C)c(C)c2)CC1. The fourth-order valence-electron chi connectivity index (χ4n) is 2.70. The van der Waals surface area contributed by atoms with Crippen LogP contribution in [0, 0.1) is 13.8 Å². The lowest BCUT2D eigenvalue weighted by Crippen LogP contribution is -2.52. The van der Waals surface area contributed by atoms with Crippen LogP contribution in [0.1, 0.15) is 31.4 Å². The molecule has 0 atom stereocenters. The summed E-state index contributed by atoms with van der Waals surface area (Å²) in [5.74, 6) is 0. The lowest BCUT2D eigenvalue weighted by molar-refractivity contribution is 0.161. The molecule has 142 valence electrons. The van der Waals surface area contributed by atoms with E-state index in [1.54, 1.807) is 4.90 Å². The van der Waals surface area contributed by atoms with Gasteiger partial charge >= 0.3 is 6.03 Å². The molecule has 2 amide bonds. The summed E-state index contributed by atoms with van der Waals surface area (Å²) in [6, 6.07) is 6.74. The number of nitrogens with one attached hydrogen (secondary N) is 1. The number of anilines is 1. The normalized spacial score (nSPS) is 14.0. The van der Waals surface area contributed by atoms with Gasteiger partial charge in [0.1, 0.15) is 0 Å². The number of nitrogens with zero attached hydrogens (tertiary/aromatic N) is 3. The molecule has 2 rings (SSSR count). The number of hydrogen-bond acceptors (Lipinski definition) is 3. The van der Waals surface area contributed by atoms with E-state index in [1.807, 2.05) is 25.9 Å². The van der Waals surface area contributed by atoms with E-state index in [4.69, 9.17) is 0 Å². The van der Waals surface area contributed by atoms with Gasteiger partial charge in [0, 0.05) is 45.5 Å². The lowest BCUT2D eigenvalue weighted by Gasteiger charge is -2.37. The molecule has 5 heteroatoms. The van der Waals surface area contributed by atoms with Gasteiger partial charge in [0.25, 0.3) is 0 Å². The lowest BCUT2D eigenvalue weighted by atomic mass is 10.1. The monoisotopic (exact) mass is 348 g/mol. The number of amides is 2. The fraction of sp³-hybridized carbons (Fsp3) is 0.650. The van der Waals surface area contributed by atoms with Crippen LogP contribution in [0.15, 0.2) is 18.2 Å². The van der Waals surface area contributed by atoms with Crippen LogP contribution >= 0.6 is 0 Å². The van der Waals surface area contributed by atoms with Crippen molar-refractivity contribution >= 4 is 11.7 Å². The number of benzene rings is 1. The number of rotatable bonds is 4. The smallest absolute Gasteiger partial charge is 0.319 e. The highest BCUT2D eigenvalue weighted by Gasteiger charge is 2.23. The second kappa shape index (κ2) is 11.0. The summed E-state index contributed by atoms with van der Waals surface area (Å²) in [5.41, 5.74) is 3.92. The van der Waals surface area contributed by atoms with Crippen molar-refractivity contribution in [1.82, 2.24) is 15.1 Å². The van der Waals surface area contributed by atoms with Crippen molar-refractivity contribution in [2.75, 3.05) is 58.3 Å². The molecule has 0 aliphatic carbocycles. The van der Waals surface area contributed by atoms with Crippen molar-refractivity contribution in [1.29, 1.82) is 0 Å². The van der Waals surface area contributed by atoms with E-state index in [2.05, 4.69) is 49.2 Å². The van der Waals surface area contributed by atoms with E-state index in [1.165, 1.54) is 23.2 Å². The average molecular weight is 349 g/mol.